The summed E-state index contributed by atoms with van der Waals surface area (Å²) in [7, 11) is 0. The Morgan fingerprint density at radius 3 is 2.86 bits per heavy atom. The number of anilines is 2. The van der Waals surface area contributed by atoms with E-state index in [1.165, 1.54) is 6.20 Å². The second kappa shape index (κ2) is 5.20. The number of fused-ring (bicyclic) bond motifs is 1. The average Bonchev–Trinajstić information content (AvgIpc) is 2.47. The van der Waals surface area contributed by atoms with E-state index in [-0.39, 0.29) is 5.91 Å². The highest BCUT2D eigenvalue weighted by atomic mass is 16.1. The number of aryl methyl sites for hydroxylation is 1. The van der Waals surface area contributed by atoms with Crippen LogP contribution in [0.5, 0.6) is 0 Å². The molecule has 0 radical (unpaired) electrons. The Kier molecular flexibility index (Phi) is 3.23. The van der Waals surface area contributed by atoms with Gasteiger partial charge in [0.15, 0.2) is 0 Å². The third kappa shape index (κ3) is 2.53. The molecule has 0 saturated heterocycles. The standard InChI is InChI=1S/C16H14N4O/c1-10-8-15(12-4-2-3-5-14(12)19-10)20-16(21)11-6-7-18-9-13(11)17/h2-9H,17H2,1H3,(H,19,20,21). The van der Waals surface area contributed by atoms with E-state index >= 15 is 0 Å². The number of pyridine rings is 2. The van der Waals surface area contributed by atoms with Crippen LogP contribution in [0.4, 0.5) is 11.4 Å². The lowest BCUT2D eigenvalue weighted by Crippen LogP contribution is -2.14. The van der Waals surface area contributed by atoms with Gasteiger partial charge in [0.05, 0.1) is 28.7 Å². The van der Waals surface area contributed by atoms with Crippen molar-refractivity contribution in [1.82, 2.24) is 9.97 Å². The normalized spacial score (nSPS) is 10.5. The van der Waals surface area contributed by atoms with Gasteiger partial charge in [-0.3, -0.25) is 14.8 Å². The van der Waals surface area contributed by atoms with Crippen molar-refractivity contribution in [2.24, 2.45) is 0 Å². The summed E-state index contributed by atoms with van der Waals surface area (Å²) in [5, 5.41) is 3.79. The number of hydrogen-bond donors (Lipinski definition) is 2. The van der Waals surface area contributed by atoms with Crippen LogP contribution in [0.15, 0.2) is 48.8 Å². The van der Waals surface area contributed by atoms with Crippen LogP contribution in [-0.2, 0) is 0 Å². The largest absolute Gasteiger partial charge is 0.397 e. The van der Waals surface area contributed by atoms with Crippen LogP contribution in [0, 0.1) is 6.92 Å². The molecule has 5 heteroatoms. The first kappa shape index (κ1) is 13.1. The van der Waals surface area contributed by atoms with Gasteiger partial charge in [0.2, 0.25) is 0 Å². The number of carbonyl (C=O) groups excluding carboxylic acids is 1. The summed E-state index contributed by atoms with van der Waals surface area (Å²) in [5.41, 5.74) is 8.94. The van der Waals surface area contributed by atoms with E-state index in [0.717, 1.165) is 22.3 Å². The number of nitrogens with two attached hydrogens (primary N) is 1. The van der Waals surface area contributed by atoms with E-state index < -0.39 is 0 Å². The first-order chi connectivity index (χ1) is 10.1. The van der Waals surface area contributed by atoms with Gasteiger partial charge in [-0.2, -0.15) is 0 Å². The fourth-order valence-corrected chi connectivity index (χ4v) is 2.21. The zero-order valence-corrected chi connectivity index (χ0v) is 11.5. The number of para-hydroxylation sites is 1. The van der Waals surface area contributed by atoms with Crippen LogP contribution in [0.2, 0.25) is 0 Å². The molecule has 0 atom stereocenters. The summed E-state index contributed by atoms with van der Waals surface area (Å²) in [5.74, 6) is -0.259. The molecule has 1 amide bonds. The van der Waals surface area contributed by atoms with Gasteiger partial charge < -0.3 is 11.1 Å². The number of nitrogens with one attached hydrogen (secondary N) is 1. The molecule has 0 aliphatic carbocycles. The van der Waals surface area contributed by atoms with E-state index in [2.05, 4.69) is 15.3 Å². The molecule has 0 aliphatic rings. The Morgan fingerprint density at radius 2 is 2.05 bits per heavy atom. The minimum absolute atomic E-state index is 0.259. The molecule has 0 saturated carbocycles. The molecule has 1 aromatic carbocycles. The van der Waals surface area contributed by atoms with Crippen LogP contribution in [-0.4, -0.2) is 15.9 Å². The molecule has 104 valence electrons. The van der Waals surface area contributed by atoms with E-state index in [9.17, 15) is 4.79 Å². The Bertz CT molecular complexity index is 829. The maximum atomic E-state index is 12.4. The quantitative estimate of drug-likeness (QED) is 0.755. The fraction of sp³-hybridized carbons (Fsp3) is 0.0625. The SMILES string of the molecule is Cc1cc(NC(=O)c2ccncc2N)c2ccccc2n1. The van der Waals surface area contributed by atoms with E-state index in [1.807, 2.05) is 37.3 Å². The van der Waals surface area contributed by atoms with Gasteiger partial charge in [-0.25, -0.2) is 0 Å². The molecule has 0 fully saturated rings. The average molecular weight is 278 g/mol. The highest BCUT2D eigenvalue weighted by Crippen LogP contribution is 2.24. The van der Waals surface area contributed by atoms with Crippen LogP contribution in [0.1, 0.15) is 16.1 Å². The summed E-state index contributed by atoms with van der Waals surface area (Å²) in [6.45, 7) is 1.89. The molecule has 0 aliphatic heterocycles. The van der Waals surface area contributed by atoms with Gasteiger partial charge >= 0.3 is 0 Å². The summed E-state index contributed by atoms with van der Waals surface area (Å²) in [6, 6.07) is 11.1. The maximum Gasteiger partial charge on any atom is 0.257 e. The molecule has 0 spiro atoms. The van der Waals surface area contributed by atoms with Crippen LogP contribution in [0.25, 0.3) is 10.9 Å². The predicted molar refractivity (Wildman–Crippen MR) is 83.1 cm³/mol. The van der Waals surface area contributed by atoms with Crippen molar-refractivity contribution in [2.45, 2.75) is 6.92 Å². The van der Waals surface area contributed by atoms with E-state index in [1.54, 1.807) is 12.3 Å². The zero-order valence-electron chi connectivity index (χ0n) is 11.5. The lowest BCUT2D eigenvalue weighted by molar-refractivity contribution is 0.102. The molecule has 2 aromatic heterocycles. The Morgan fingerprint density at radius 1 is 1.24 bits per heavy atom. The third-order valence-corrected chi connectivity index (χ3v) is 3.19. The monoisotopic (exact) mass is 278 g/mol. The van der Waals surface area contributed by atoms with Crippen molar-refractivity contribution < 1.29 is 4.79 Å². The molecule has 5 nitrogen and oxygen atoms in total. The number of rotatable bonds is 2. The minimum Gasteiger partial charge on any atom is -0.397 e. The molecule has 21 heavy (non-hydrogen) atoms. The van der Waals surface area contributed by atoms with Crippen LogP contribution in [0.3, 0.4) is 0 Å². The predicted octanol–water partition coefficient (Wildman–Crippen LogP) is 2.77. The number of hydrogen-bond acceptors (Lipinski definition) is 4. The summed E-state index contributed by atoms with van der Waals surface area (Å²) < 4.78 is 0. The van der Waals surface area contributed by atoms with Crippen LogP contribution >= 0.6 is 0 Å². The minimum atomic E-state index is -0.259. The number of carbonyl (C=O) groups is 1. The molecule has 3 aromatic rings. The number of aromatic nitrogens is 2. The topological polar surface area (TPSA) is 80.9 Å². The first-order valence-corrected chi connectivity index (χ1v) is 6.52. The van der Waals surface area contributed by atoms with Gasteiger partial charge in [0.25, 0.3) is 5.91 Å². The molecule has 0 unspecified atom stereocenters. The van der Waals surface area contributed by atoms with E-state index in [0.29, 0.717) is 11.3 Å². The highest BCUT2D eigenvalue weighted by molar-refractivity contribution is 6.11. The highest BCUT2D eigenvalue weighted by Gasteiger charge is 2.12. The maximum absolute atomic E-state index is 12.4. The zero-order chi connectivity index (χ0) is 14.8. The summed E-state index contributed by atoms with van der Waals surface area (Å²) >= 11 is 0. The third-order valence-electron chi connectivity index (χ3n) is 3.19. The number of nitrogens with zero attached hydrogens (tertiary/aromatic N) is 2. The number of benzene rings is 1. The Hall–Kier alpha value is -2.95. The fourth-order valence-electron chi connectivity index (χ4n) is 2.21. The van der Waals surface area contributed by atoms with Crippen molar-refractivity contribution in [3.8, 4) is 0 Å². The van der Waals surface area contributed by atoms with Crippen molar-refractivity contribution in [3.63, 3.8) is 0 Å². The van der Waals surface area contributed by atoms with Crippen molar-refractivity contribution in [1.29, 1.82) is 0 Å². The van der Waals surface area contributed by atoms with Crippen molar-refractivity contribution >= 4 is 28.2 Å². The van der Waals surface area contributed by atoms with Gasteiger partial charge in [-0.1, -0.05) is 18.2 Å². The molecule has 3 rings (SSSR count). The first-order valence-electron chi connectivity index (χ1n) is 6.52. The van der Waals surface area contributed by atoms with Crippen LogP contribution < -0.4 is 11.1 Å². The Labute approximate surface area is 121 Å². The van der Waals surface area contributed by atoms with Crippen molar-refractivity contribution in [3.05, 3.63) is 60.0 Å². The molecule has 0 bridgehead atoms. The van der Waals surface area contributed by atoms with Crippen molar-refractivity contribution in [2.75, 3.05) is 11.1 Å². The lowest BCUT2D eigenvalue weighted by atomic mass is 10.1. The van der Waals surface area contributed by atoms with Gasteiger partial charge in [0, 0.05) is 17.3 Å². The van der Waals surface area contributed by atoms with Gasteiger partial charge in [-0.15, -0.1) is 0 Å². The number of amides is 1. The van der Waals surface area contributed by atoms with Gasteiger partial charge in [-0.05, 0) is 25.1 Å². The molecular weight excluding hydrogens is 264 g/mol. The molecule has 3 N–H and O–H groups in total. The Balaban J connectivity index is 2.02. The molecular formula is C16H14N4O. The van der Waals surface area contributed by atoms with E-state index in [4.69, 9.17) is 5.73 Å². The number of nitrogen functional groups attached to an aromatic ring is 1. The lowest BCUT2D eigenvalue weighted by Gasteiger charge is -2.10. The summed E-state index contributed by atoms with van der Waals surface area (Å²) in [4.78, 5) is 20.7. The smallest absolute Gasteiger partial charge is 0.257 e. The summed E-state index contributed by atoms with van der Waals surface area (Å²) in [6.07, 6.45) is 3.01. The second-order valence-electron chi connectivity index (χ2n) is 4.75. The second-order valence-corrected chi connectivity index (χ2v) is 4.75. The molecule has 2 heterocycles. The van der Waals surface area contributed by atoms with Gasteiger partial charge in [0.1, 0.15) is 0 Å².